The summed E-state index contributed by atoms with van der Waals surface area (Å²) >= 11 is 7.45. The molecule has 2 atom stereocenters. The summed E-state index contributed by atoms with van der Waals surface area (Å²) < 4.78 is 0.794. The van der Waals surface area contributed by atoms with Crippen molar-refractivity contribution >= 4 is 22.9 Å². The molecule has 0 spiro atoms. The molecule has 3 heteroatoms. The zero-order chi connectivity index (χ0) is 10.7. The first-order valence-electron chi connectivity index (χ1n) is 5.00. The highest BCUT2D eigenvalue weighted by molar-refractivity contribution is 7.16. The van der Waals surface area contributed by atoms with Crippen LogP contribution in [0.2, 0.25) is 4.34 Å². The molecule has 0 aliphatic carbocycles. The quantitative estimate of drug-likeness (QED) is 0.826. The highest BCUT2D eigenvalue weighted by atomic mass is 35.5. The summed E-state index contributed by atoms with van der Waals surface area (Å²) in [7, 11) is 0. The van der Waals surface area contributed by atoms with Crippen LogP contribution in [0.15, 0.2) is 6.07 Å². The SMILES string of the molecule is CCCC(C)C(O)c1cc(C)c(Cl)s1. The van der Waals surface area contributed by atoms with E-state index in [4.69, 9.17) is 11.6 Å². The average Bonchev–Trinajstić information content (AvgIpc) is 2.46. The molecule has 0 amide bonds. The maximum absolute atomic E-state index is 10.0. The summed E-state index contributed by atoms with van der Waals surface area (Å²) in [6.45, 7) is 6.19. The third-order valence-electron chi connectivity index (χ3n) is 2.45. The van der Waals surface area contributed by atoms with Crippen molar-refractivity contribution in [3.8, 4) is 0 Å². The maximum atomic E-state index is 10.0. The molecule has 2 unspecified atom stereocenters. The standard InChI is InChI=1S/C11H17ClOS/c1-4-5-7(2)10(13)9-6-8(3)11(12)14-9/h6-7,10,13H,4-5H2,1-3H3. The van der Waals surface area contributed by atoms with Crippen molar-refractivity contribution in [3.63, 3.8) is 0 Å². The van der Waals surface area contributed by atoms with E-state index in [2.05, 4.69) is 13.8 Å². The van der Waals surface area contributed by atoms with Gasteiger partial charge in [0.15, 0.2) is 0 Å². The number of aliphatic hydroxyl groups excluding tert-OH is 1. The van der Waals surface area contributed by atoms with Crippen molar-refractivity contribution < 1.29 is 5.11 Å². The fraction of sp³-hybridized carbons (Fsp3) is 0.636. The highest BCUT2D eigenvalue weighted by Crippen LogP contribution is 2.35. The summed E-state index contributed by atoms with van der Waals surface area (Å²) in [5.41, 5.74) is 1.06. The molecule has 1 N–H and O–H groups in total. The summed E-state index contributed by atoms with van der Waals surface area (Å²) in [5.74, 6) is 0.314. The Hall–Kier alpha value is -0.0500. The summed E-state index contributed by atoms with van der Waals surface area (Å²) in [6, 6.07) is 1.99. The van der Waals surface area contributed by atoms with E-state index >= 15 is 0 Å². The van der Waals surface area contributed by atoms with Crippen LogP contribution in [0.3, 0.4) is 0 Å². The second-order valence-corrected chi connectivity index (χ2v) is 5.50. The van der Waals surface area contributed by atoms with E-state index in [0.29, 0.717) is 5.92 Å². The molecule has 0 radical (unpaired) electrons. The third kappa shape index (κ3) is 2.72. The van der Waals surface area contributed by atoms with Crippen molar-refractivity contribution in [2.45, 2.75) is 39.7 Å². The topological polar surface area (TPSA) is 20.2 Å². The first-order chi connectivity index (χ1) is 6.56. The van der Waals surface area contributed by atoms with Gasteiger partial charge in [-0.15, -0.1) is 11.3 Å². The molecular weight excluding hydrogens is 216 g/mol. The van der Waals surface area contributed by atoms with Crippen molar-refractivity contribution in [2.75, 3.05) is 0 Å². The van der Waals surface area contributed by atoms with Gasteiger partial charge in [-0.05, 0) is 30.9 Å². The van der Waals surface area contributed by atoms with Crippen LogP contribution >= 0.6 is 22.9 Å². The van der Waals surface area contributed by atoms with Gasteiger partial charge < -0.3 is 5.11 Å². The van der Waals surface area contributed by atoms with Gasteiger partial charge in [0.2, 0.25) is 0 Å². The summed E-state index contributed by atoms with van der Waals surface area (Å²) in [6.07, 6.45) is 1.80. The lowest BCUT2D eigenvalue weighted by Gasteiger charge is -2.16. The fourth-order valence-corrected chi connectivity index (χ4v) is 2.86. The van der Waals surface area contributed by atoms with Crippen LogP contribution in [0.4, 0.5) is 0 Å². The largest absolute Gasteiger partial charge is 0.387 e. The summed E-state index contributed by atoms with van der Waals surface area (Å²) in [5, 5.41) is 10.0. The molecule has 1 rings (SSSR count). The lowest BCUT2D eigenvalue weighted by atomic mass is 9.98. The van der Waals surface area contributed by atoms with Gasteiger partial charge in [0.25, 0.3) is 0 Å². The monoisotopic (exact) mass is 232 g/mol. The summed E-state index contributed by atoms with van der Waals surface area (Å²) in [4.78, 5) is 0.994. The van der Waals surface area contributed by atoms with Crippen molar-refractivity contribution in [3.05, 3.63) is 20.8 Å². The van der Waals surface area contributed by atoms with Crippen LogP contribution in [-0.4, -0.2) is 5.11 Å². The Morgan fingerprint density at radius 3 is 2.64 bits per heavy atom. The second kappa shape index (κ2) is 5.15. The number of hydrogen-bond acceptors (Lipinski definition) is 2. The molecule has 0 aliphatic rings. The van der Waals surface area contributed by atoms with E-state index < -0.39 is 0 Å². The van der Waals surface area contributed by atoms with Gasteiger partial charge in [-0.25, -0.2) is 0 Å². The van der Waals surface area contributed by atoms with E-state index in [0.717, 1.165) is 27.6 Å². The van der Waals surface area contributed by atoms with Gasteiger partial charge in [-0.2, -0.15) is 0 Å². The fourth-order valence-electron chi connectivity index (χ4n) is 1.52. The maximum Gasteiger partial charge on any atom is 0.0961 e. The Labute approximate surface area is 94.7 Å². The number of aryl methyl sites for hydroxylation is 1. The Morgan fingerprint density at radius 2 is 2.21 bits per heavy atom. The van der Waals surface area contributed by atoms with Gasteiger partial charge in [0.1, 0.15) is 0 Å². The Balaban J connectivity index is 2.73. The van der Waals surface area contributed by atoms with E-state index in [9.17, 15) is 5.11 Å². The minimum atomic E-state index is -0.355. The van der Waals surface area contributed by atoms with Crippen molar-refractivity contribution in [1.82, 2.24) is 0 Å². The Morgan fingerprint density at radius 1 is 1.57 bits per heavy atom. The zero-order valence-corrected chi connectivity index (χ0v) is 10.5. The molecule has 80 valence electrons. The van der Waals surface area contributed by atoms with Crippen LogP contribution in [0.5, 0.6) is 0 Å². The van der Waals surface area contributed by atoms with Crippen LogP contribution in [0, 0.1) is 12.8 Å². The van der Waals surface area contributed by atoms with Crippen LogP contribution in [0.25, 0.3) is 0 Å². The zero-order valence-electron chi connectivity index (χ0n) is 8.88. The number of rotatable bonds is 4. The second-order valence-electron chi connectivity index (χ2n) is 3.82. The molecule has 0 aromatic carbocycles. The van der Waals surface area contributed by atoms with Crippen molar-refractivity contribution in [1.29, 1.82) is 0 Å². The first-order valence-corrected chi connectivity index (χ1v) is 6.19. The van der Waals surface area contributed by atoms with Gasteiger partial charge in [0, 0.05) is 4.88 Å². The van der Waals surface area contributed by atoms with E-state index in [-0.39, 0.29) is 6.10 Å². The first kappa shape index (κ1) is 12.0. The molecule has 0 bridgehead atoms. The average molecular weight is 233 g/mol. The van der Waals surface area contributed by atoms with E-state index in [1.807, 2.05) is 13.0 Å². The van der Waals surface area contributed by atoms with E-state index in [1.165, 1.54) is 11.3 Å². The normalized spacial score (nSPS) is 15.5. The molecule has 1 heterocycles. The van der Waals surface area contributed by atoms with Crippen LogP contribution in [0.1, 0.15) is 43.2 Å². The number of hydrogen-bond donors (Lipinski definition) is 1. The van der Waals surface area contributed by atoms with Gasteiger partial charge in [-0.1, -0.05) is 31.9 Å². The molecule has 0 aliphatic heterocycles. The smallest absolute Gasteiger partial charge is 0.0961 e. The lowest BCUT2D eigenvalue weighted by molar-refractivity contribution is 0.116. The Bertz CT molecular complexity index is 276. The molecule has 1 nitrogen and oxygen atoms in total. The number of halogens is 1. The molecule has 0 fully saturated rings. The minimum absolute atomic E-state index is 0.314. The predicted molar refractivity (Wildman–Crippen MR) is 63.1 cm³/mol. The Kier molecular flexibility index (Phi) is 4.42. The van der Waals surface area contributed by atoms with Crippen molar-refractivity contribution in [2.24, 2.45) is 5.92 Å². The third-order valence-corrected chi connectivity index (χ3v) is 4.08. The molecule has 1 aromatic heterocycles. The van der Waals surface area contributed by atoms with Gasteiger partial charge in [-0.3, -0.25) is 0 Å². The minimum Gasteiger partial charge on any atom is -0.387 e. The lowest BCUT2D eigenvalue weighted by Crippen LogP contribution is -2.07. The highest BCUT2D eigenvalue weighted by Gasteiger charge is 2.18. The number of thiophene rings is 1. The van der Waals surface area contributed by atoms with Crippen LogP contribution < -0.4 is 0 Å². The van der Waals surface area contributed by atoms with E-state index in [1.54, 1.807) is 0 Å². The number of aliphatic hydroxyl groups is 1. The van der Waals surface area contributed by atoms with Gasteiger partial charge in [0.05, 0.1) is 10.4 Å². The predicted octanol–water partition coefficient (Wildman–Crippen LogP) is 4.18. The molecule has 0 saturated carbocycles. The van der Waals surface area contributed by atoms with Crippen LogP contribution in [-0.2, 0) is 0 Å². The molecule has 1 aromatic rings. The molecule has 0 saturated heterocycles. The van der Waals surface area contributed by atoms with Gasteiger partial charge >= 0.3 is 0 Å². The molecule has 14 heavy (non-hydrogen) atoms. The molecular formula is C11H17ClOS.